The van der Waals surface area contributed by atoms with Crippen molar-refractivity contribution >= 4 is 12.1 Å². The molecule has 0 radical (unpaired) electrons. The van der Waals surface area contributed by atoms with Gasteiger partial charge in [0, 0.05) is 44.4 Å². The summed E-state index contributed by atoms with van der Waals surface area (Å²) in [6, 6.07) is 3.87. The molecule has 0 saturated carbocycles. The number of rotatable bonds is 3. The number of nitrogens with zero attached hydrogens (tertiary/aromatic N) is 3. The van der Waals surface area contributed by atoms with Crippen LogP contribution in [0.4, 0.5) is 5.82 Å². The summed E-state index contributed by atoms with van der Waals surface area (Å²) < 4.78 is 0. The predicted octanol–water partition coefficient (Wildman–Crippen LogP) is 0.575. The topological polar surface area (TPSA) is 36.4 Å². The predicted molar refractivity (Wildman–Crippen MR) is 63.7 cm³/mol. The van der Waals surface area contributed by atoms with Crippen LogP contribution in [0.5, 0.6) is 0 Å². The fraction of sp³-hybridized carbons (Fsp3) is 0.500. The van der Waals surface area contributed by atoms with Crippen LogP contribution in [-0.4, -0.2) is 49.4 Å². The Morgan fingerprint density at radius 1 is 1.38 bits per heavy atom. The number of likely N-dealkylation sites (N-methyl/N-ethyl adjacent to an activating group) is 1. The van der Waals surface area contributed by atoms with E-state index >= 15 is 0 Å². The minimum Gasteiger partial charge on any atom is -0.354 e. The van der Waals surface area contributed by atoms with Crippen LogP contribution >= 0.6 is 0 Å². The summed E-state index contributed by atoms with van der Waals surface area (Å²) in [7, 11) is 2.13. The molecule has 1 aromatic heterocycles. The first-order valence-electron chi connectivity index (χ1n) is 5.62. The number of aromatic nitrogens is 1. The molecule has 2 rings (SSSR count). The Labute approximate surface area is 95.9 Å². The number of aldehydes is 1. The van der Waals surface area contributed by atoms with Crippen LogP contribution in [0.1, 0.15) is 5.56 Å². The van der Waals surface area contributed by atoms with E-state index in [-0.39, 0.29) is 0 Å². The van der Waals surface area contributed by atoms with Crippen LogP contribution in [0, 0.1) is 0 Å². The minimum atomic E-state index is 0.454. The van der Waals surface area contributed by atoms with Crippen LogP contribution < -0.4 is 4.90 Å². The number of hydrogen-bond acceptors (Lipinski definition) is 4. The Kier molecular flexibility index (Phi) is 3.51. The second-order valence-electron chi connectivity index (χ2n) is 4.15. The van der Waals surface area contributed by atoms with Crippen LogP contribution in [0.15, 0.2) is 18.3 Å². The molecule has 86 valence electrons. The molecule has 1 fully saturated rings. The Hall–Kier alpha value is -1.42. The summed E-state index contributed by atoms with van der Waals surface area (Å²) in [6.07, 6.45) is 3.19. The third-order valence-corrected chi connectivity index (χ3v) is 2.97. The minimum absolute atomic E-state index is 0.454. The summed E-state index contributed by atoms with van der Waals surface area (Å²) in [6.45, 7) is 4.08. The largest absolute Gasteiger partial charge is 0.354 e. The first kappa shape index (κ1) is 11.1. The number of anilines is 1. The molecular weight excluding hydrogens is 202 g/mol. The molecule has 1 saturated heterocycles. The van der Waals surface area contributed by atoms with Gasteiger partial charge in [0.2, 0.25) is 0 Å². The van der Waals surface area contributed by atoms with E-state index < -0.39 is 0 Å². The van der Waals surface area contributed by atoms with Crippen LogP contribution in [0.25, 0.3) is 0 Å². The summed E-state index contributed by atoms with van der Waals surface area (Å²) in [5.74, 6) is 0.975. The fourth-order valence-corrected chi connectivity index (χ4v) is 1.98. The molecule has 1 aromatic rings. The molecule has 0 N–H and O–H groups in total. The van der Waals surface area contributed by atoms with E-state index in [2.05, 4.69) is 21.8 Å². The number of hydrogen-bond donors (Lipinski definition) is 0. The van der Waals surface area contributed by atoms with Gasteiger partial charge in [0.25, 0.3) is 0 Å². The van der Waals surface area contributed by atoms with Crippen LogP contribution in [0.3, 0.4) is 0 Å². The van der Waals surface area contributed by atoms with E-state index in [1.54, 1.807) is 6.20 Å². The fourth-order valence-electron chi connectivity index (χ4n) is 1.98. The first-order valence-corrected chi connectivity index (χ1v) is 5.62. The van der Waals surface area contributed by atoms with Gasteiger partial charge >= 0.3 is 0 Å². The molecule has 1 aliphatic rings. The molecule has 0 atom stereocenters. The van der Waals surface area contributed by atoms with Crippen molar-refractivity contribution in [1.82, 2.24) is 9.88 Å². The maximum Gasteiger partial charge on any atom is 0.132 e. The van der Waals surface area contributed by atoms with Gasteiger partial charge in [-0.3, -0.25) is 0 Å². The van der Waals surface area contributed by atoms with E-state index in [4.69, 9.17) is 0 Å². The lowest BCUT2D eigenvalue weighted by Crippen LogP contribution is -2.45. The second kappa shape index (κ2) is 5.07. The van der Waals surface area contributed by atoms with Gasteiger partial charge in [-0.05, 0) is 13.1 Å². The van der Waals surface area contributed by atoms with E-state index in [1.165, 1.54) is 0 Å². The van der Waals surface area contributed by atoms with Crippen molar-refractivity contribution in [3.05, 3.63) is 23.9 Å². The van der Waals surface area contributed by atoms with Crippen molar-refractivity contribution in [2.24, 2.45) is 0 Å². The van der Waals surface area contributed by atoms with E-state index in [9.17, 15) is 4.79 Å². The van der Waals surface area contributed by atoms with Gasteiger partial charge in [0.05, 0.1) is 0 Å². The summed E-state index contributed by atoms with van der Waals surface area (Å²) in [4.78, 5) is 19.6. The number of carbonyl (C=O) groups excluding carboxylic acids is 1. The summed E-state index contributed by atoms with van der Waals surface area (Å²) in [5, 5.41) is 0. The third-order valence-electron chi connectivity index (χ3n) is 2.97. The van der Waals surface area contributed by atoms with Crippen molar-refractivity contribution in [3.8, 4) is 0 Å². The maximum absolute atomic E-state index is 10.6. The van der Waals surface area contributed by atoms with Crippen LogP contribution in [-0.2, 0) is 11.2 Å². The van der Waals surface area contributed by atoms with Gasteiger partial charge in [-0.1, -0.05) is 6.07 Å². The van der Waals surface area contributed by atoms with Crippen molar-refractivity contribution < 1.29 is 4.79 Å². The lowest BCUT2D eigenvalue weighted by Gasteiger charge is -2.34. The highest BCUT2D eigenvalue weighted by atomic mass is 16.1. The third kappa shape index (κ3) is 2.39. The molecule has 0 spiro atoms. The van der Waals surface area contributed by atoms with Gasteiger partial charge in [-0.15, -0.1) is 0 Å². The molecule has 1 aliphatic heterocycles. The van der Waals surface area contributed by atoms with Gasteiger partial charge in [-0.25, -0.2) is 4.98 Å². The van der Waals surface area contributed by atoms with Crippen molar-refractivity contribution in [2.45, 2.75) is 6.42 Å². The summed E-state index contributed by atoms with van der Waals surface area (Å²) >= 11 is 0. The lowest BCUT2D eigenvalue weighted by molar-refractivity contribution is -0.107. The molecule has 0 amide bonds. The average Bonchev–Trinajstić information content (AvgIpc) is 2.32. The standard InChI is InChI=1S/C12H17N3O/c1-14-6-8-15(9-7-14)12-11(4-10-16)3-2-5-13-12/h2-3,5,10H,4,6-9H2,1H3. The smallest absolute Gasteiger partial charge is 0.132 e. The van der Waals surface area contributed by atoms with E-state index in [0.29, 0.717) is 6.42 Å². The number of carbonyl (C=O) groups is 1. The lowest BCUT2D eigenvalue weighted by atomic mass is 10.2. The van der Waals surface area contributed by atoms with Crippen molar-refractivity contribution in [2.75, 3.05) is 38.1 Å². The zero-order valence-corrected chi connectivity index (χ0v) is 9.59. The Morgan fingerprint density at radius 2 is 2.12 bits per heavy atom. The van der Waals surface area contributed by atoms with E-state index in [0.717, 1.165) is 43.8 Å². The average molecular weight is 219 g/mol. The van der Waals surface area contributed by atoms with Gasteiger partial charge in [0.1, 0.15) is 12.1 Å². The molecular formula is C12H17N3O. The molecule has 0 aromatic carbocycles. The Bertz CT molecular complexity index is 359. The Balaban J connectivity index is 2.16. The van der Waals surface area contributed by atoms with Crippen LogP contribution in [0.2, 0.25) is 0 Å². The molecule has 2 heterocycles. The van der Waals surface area contributed by atoms with Crippen molar-refractivity contribution in [3.63, 3.8) is 0 Å². The molecule has 4 nitrogen and oxygen atoms in total. The molecule has 0 aliphatic carbocycles. The first-order chi connectivity index (χ1) is 7.81. The molecule has 4 heteroatoms. The highest BCUT2D eigenvalue weighted by Gasteiger charge is 2.17. The van der Waals surface area contributed by atoms with Gasteiger partial charge in [-0.2, -0.15) is 0 Å². The van der Waals surface area contributed by atoms with Crippen molar-refractivity contribution in [1.29, 1.82) is 0 Å². The summed E-state index contributed by atoms with van der Waals surface area (Å²) in [5.41, 5.74) is 1.03. The number of pyridine rings is 1. The highest BCUT2D eigenvalue weighted by molar-refractivity contribution is 5.61. The molecule has 0 bridgehead atoms. The highest BCUT2D eigenvalue weighted by Crippen LogP contribution is 2.18. The monoisotopic (exact) mass is 219 g/mol. The zero-order valence-electron chi connectivity index (χ0n) is 9.59. The maximum atomic E-state index is 10.6. The zero-order chi connectivity index (χ0) is 11.4. The van der Waals surface area contributed by atoms with Gasteiger partial charge < -0.3 is 14.6 Å². The van der Waals surface area contributed by atoms with Gasteiger partial charge in [0.15, 0.2) is 0 Å². The SMILES string of the molecule is CN1CCN(c2ncccc2CC=O)CC1. The number of piperazine rings is 1. The molecule has 0 unspecified atom stereocenters. The molecule has 16 heavy (non-hydrogen) atoms. The Morgan fingerprint density at radius 3 is 2.81 bits per heavy atom. The van der Waals surface area contributed by atoms with E-state index in [1.807, 2.05) is 12.1 Å². The quantitative estimate of drug-likeness (QED) is 0.697. The normalized spacial score (nSPS) is 17.4. The second-order valence-corrected chi connectivity index (χ2v) is 4.15.